The Bertz CT molecular complexity index is 653. The number of nitrogens with zero attached hydrogens (tertiary/aromatic N) is 1. The lowest BCUT2D eigenvalue weighted by molar-refractivity contribution is 0.0859. The summed E-state index contributed by atoms with van der Waals surface area (Å²) in [6, 6.07) is 14.5. The third-order valence-corrected chi connectivity index (χ3v) is 3.83. The van der Waals surface area contributed by atoms with Crippen LogP contribution in [0.4, 0.5) is 0 Å². The number of oxime groups is 1. The Hall–Kier alpha value is -2.20. The van der Waals surface area contributed by atoms with Crippen molar-refractivity contribution in [3.63, 3.8) is 0 Å². The molecule has 0 saturated carbocycles. The molecule has 1 atom stereocenters. The Morgan fingerprint density at radius 3 is 2.04 bits per heavy atom. The lowest BCUT2D eigenvalue weighted by atomic mass is 10.0. The lowest BCUT2D eigenvalue weighted by Crippen LogP contribution is -2.11. The van der Waals surface area contributed by atoms with Crippen molar-refractivity contribution in [2.45, 2.75) is 31.8 Å². The maximum absolute atomic E-state index is 9.29. The van der Waals surface area contributed by atoms with Crippen LogP contribution in [-0.4, -0.2) is 22.0 Å². The molecule has 2 N–H and O–H groups in total. The average molecular weight is 334 g/mol. The number of benzene rings is 2. The van der Waals surface area contributed by atoms with E-state index in [2.05, 4.69) is 5.16 Å². The zero-order valence-corrected chi connectivity index (χ0v) is 13.5. The number of halogens is 1. The number of rotatable bonds is 5. The number of phenolic OH excluding ortho intramolecular Hbond substituents is 2. The van der Waals surface area contributed by atoms with Crippen LogP contribution >= 0.6 is 12.4 Å². The Morgan fingerprint density at radius 2 is 1.43 bits per heavy atom. The third kappa shape index (κ3) is 4.89. The minimum atomic E-state index is 0. The molecule has 0 aliphatic carbocycles. The van der Waals surface area contributed by atoms with Gasteiger partial charge < -0.3 is 15.1 Å². The molecular weight excluding hydrogens is 314 g/mol. The van der Waals surface area contributed by atoms with E-state index >= 15 is 0 Å². The fourth-order valence-electron chi connectivity index (χ4n) is 2.59. The van der Waals surface area contributed by atoms with Crippen LogP contribution < -0.4 is 0 Å². The summed E-state index contributed by atoms with van der Waals surface area (Å²) in [5.74, 6) is 0.571. The molecule has 2 aromatic carbocycles. The molecule has 122 valence electrons. The molecule has 0 radical (unpaired) electrons. The highest BCUT2D eigenvalue weighted by Gasteiger charge is 2.21. The van der Waals surface area contributed by atoms with Gasteiger partial charge in [-0.3, -0.25) is 0 Å². The van der Waals surface area contributed by atoms with Crippen molar-refractivity contribution in [3.8, 4) is 11.5 Å². The third-order valence-electron chi connectivity index (χ3n) is 3.83. The molecule has 0 fully saturated rings. The highest BCUT2D eigenvalue weighted by molar-refractivity contribution is 5.85. The van der Waals surface area contributed by atoms with Crippen LogP contribution in [0.1, 0.15) is 24.0 Å². The first-order chi connectivity index (χ1) is 10.7. The molecule has 2 aromatic rings. The number of phenols is 2. The average Bonchev–Trinajstić information content (AvgIpc) is 2.97. The molecule has 1 unspecified atom stereocenters. The highest BCUT2D eigenvalue weighted by atomic mass is 35.5. The van der Waals surface area contributed by atoms with Crippen molar-refractivity contribution in [1.29, 1.82) is 0 Å². The Kier molecular flexibility index (Phi) is 5.88. The summed E-state index contributed by atoms with van der Waals surface area (Å²) in [6.45, 7) is 0. The van der Waals surface area contributed by atoms with E-state index in [1.54, 1.807) is 24.3 Å². The topological polar surface area (TPSA) is 62.1 Å². The zero-order valence-electron chi connectivity index (χ0n) is 12.7. The molecule has 0 spiro atoms. The first-order valence-corrected chi connectivity index (χ1v) is 7.46. The number of hydrogen-bond acceptors (Lipinski definition) is 4. The van der Waals surface area contributed by atoms with Crippen molar-refractivity contribution in [2.75, 3.05) is 0 Å². The molecule has 0 amide bonds. The van der Waals surface area contributed by atoms with Gasteiger partial charge >= 0.3 is 0 Å². The lowest BCUT2D eigenvalue weighted by Gasteiger charge is -2.08. The molecule has 0 bridgehead atoms. The second kappa shape index (κ2) is 7.88. The molecule has 5 heteroatoms. The van der Waals surface area contributed by atoms with E-state index < -0.39 is 0 Å². The van der Waals surface area contributed by atoms with Gasteiger partial charge in [0.15, 0.2) is 0 Å². The normalized spacial score (nSPS) is 16.3. The van der Waals surface area contributed by atoms with Crippen molar-refractivity contribution >= 4 is 18.1 Å². The molecule has 1 aliphatic rings. The van der Waals surface area contributed by atoms with Crippen molar-refractivity contribution in [3.05, 3.63) is 59.7 Å². The fraction of sp³-hybridized carbons (Fsp3) is 0.278. The monoisotopic (exact) mass is 333 g/mol. The summed E-state index contributed by atoms with van der Waals surface area (Å²) in [5.41, 5.74) is 3.40. The van der Waals surface area contributed by atoms with Crippen LogP contribution in [0.3, 0.4) is 0 Å². The van der Waals surface area contributed by atoms with Gasteiger partial charge in [-0.05, 0) is 48.2 Å². The standard InChI is InChI=1S/C18H19NO3.ClH/c20-16-7-2-13(3-8-16)1-6-15-12-18(22-19-15)11-14-4-9-17(21)10-5-14;/h2-5,7-10,18,20-21H,1,6,11-12H2;1H. The zero-order chi connectivity index (χ0) is 15.4. The maximum Gasteiger partial charge on any atom is 0.136 e. The van der Waals surface area contributed by atoms with Crippen LogP contribution in [-0.2, 0) is 17.7 Å². The molecule has 3 rings (SSSR count). The van der Waals surface area contributed by atoms with Gasteiger partial charge in [0.2, 0.25) is 0 Å². The van der Waals surface area contributed by atoms with E-state index in [0.29, 0.717) is 5.75 Å². The van der Waals surface area contributed by atoms with Crippen molar-refractivity contribution in [1.82, 2.24) is 0 Å². The molecule has 1 heterocycles. The van der Waals surface area contributed by atoms with Crippen molar-refractivity contribution in [2.24, 2.45) is 5.16 Å². The summed E-state index contributed by atoms with van der Waals surface area (Å²) >= 11 is 0. The molecule has 1 aliphatic heterocycles. The first kappa shape index (κ1) is 17.2. The van der Waals surface area contributed by atoms with Crippen LogP contribution in [0.15, 0.2) is 53.7 Å². The van der Waals surface area contributed by atoms with Gasteiger partial charge in [0.05, 0.1) is 5.71 Å². The Morgan fingerprint density at radius 1 is 0.870 bits per heavy atom. The van der Waals surface area contributed by atoms with Crippen LogP contribution in [0.25, 0.3) is 0 Å². The number of aryl methyl sites for hydroxylation is 1. The number of hydrogen-bond donors (Lipinski definition) is 2. The van der Waals surface area contributed by atoms with Gasteiger partial charge in [-0.2, -0.15) is 0 Å². The summed E-state index contributed by atoms with van der Waals surface area (Å²) in [6.07, 6.45) is 3.50. The van der Waals surface area contributed by atoms with E-state index in [0.717, 1.165) is 37.0 Å². The summed E-state index contributed by atoms with van der Waals surface area (Å²) in [5, 5.41) is 22.7. The van der Waals surface area contributed by atoms with E-state index in [-0.39, 0.29) is 24.3 Å². The molecule has 4 nitrogen and oxygen atoms in total. The summed E-state index contributed by atoms with van der Waals surface area (Å²) in [7, 11) is 0. The molecular formula is C18H20ClNO3. The Balaban J connectivity index is 0.00000192. The minimum Gasteiger partial charge on any atom is -0.508 e. The predicted octanol–water partition coefficient (Wildman–Crippen LogP) is 3.84. The smallest absolute Gasteiger partial charge is 0.136 e. The second-order valence-electron chi connectivity index (χ2n) is 5.63. The van der Waals surface area contributed by atoms with Gasteiger partial charge in [-0.25, -0.2) is 0 Å². The van der Waals surface area contributed by atoms with Gasteiger partial charge in [0, 0.05) is 12.8 Å². The fourth-order valence-corrected chi connectivity index (χ4v) is 2.59. The first-order valence-electron chi connectivity index (χ1n) is 7.46. The molecule has 23 heavy (non-hydrogen) atoms. The van der Waals surface area contributed by atoms with Crippen LogP contribution in [0.2, 0.25) is 0 Å². The van der Waals surface area contributed by atoms with Gasteiger partial charge in [0.1, 0.15) is 17.6 Å². The minimum absolute atomic E-state index is 0. The van der Waals surface area contributed by atoms with Crippen molar-refractivity contribution < 1.29 is 15.1 Å². The summed E-state index contributed by atoms with van der Waals surface area (Å²) < 4.78 is 0. The van der Waals surface area contributed by atoms with E-state index in [9.17, 15) is 10.2 Å². The number of aromatic hydroxyl groups is 2. The van der Waals surface area contributed by atoms with Gasteiger partial charge in [-0.1, -0.05) is 29.4 Å². The molecule has 0 aromatic heterocycles. The van der Waals surface area contributed by atoms with E-state index in [1.165, 1.54) is 5.56 Å². The molecule has 0 saturated heterocycles. The van der Waals surface area contributed by atoms with E-state index in [1.807, 2.05) is 24.3 Å². The van der Waals surface area contributed by atoms with E-state index in [4.69, 9.17) is 4.84 Å². The summed E-state index contributed by atoms with van der Waals surface area (Å²) in [4.78, 5) is 5.49. The second-order valence-corrected chi connectivity index (χ2v) is 5.63. The SMILES string of the molecule is Cl.Oc1ccc(CCC2=NOC(Cc3ccc(O)cc3)C2)cc1. The Labute approximate surface area is 141 Å². The largest absolute Gasteiger partial charge is 0.508 e. The van der Waals surface area contributed by atoms with Crippen LogP contribution in [0, 0.1) is 0 Å². The van der Waals surface area contributed by atoms with Gasteiger partial charge in [0.25, 0.3) is 0 Å². The maximum atomic E-state index is 9.29. The predicted molar refractivity (Wildman–Crippen MR) is 92.4 cm³/mol. The van der Waals surface area contributed by atoms with Crippen LogP contribution in [0.5, 0.6) is 11.5 Å². The quantitative estimate of drug-likeness (QED) is 0.873. The highest BCUT2D eigenvalue weighted by Crippen LogP contribution is 2.20. The van der Waals surface area contributed by atoms with Gasteiger partial charge in [-0.15, -0.1) is 12.4 Å².